The number of aryl methyl sites for hydroxylation is 1. The molecule has 0 spiro atoms. The van der Waals surface area contributed by atoms with Crippen molar-refractivity contribution in [1.29, 1.82) is 0 Å². The first-order valence-corrected chi connectivity index (χ1v) is 8.82. The molecule has 1 heterocycles. The lowest BCUT2D eigenvalue weighted by Gasteiger charge is -2.32. The average molecular weight is 332 g/mol. The fourth-order valence-corrected chi connectivity index (χ4v) is 2.92. The van der Waals surface area contributed by atoms with Crippen LogP contribution in [0.4, 0.5) is 0 Å². The van der Waals surface area contributed by atoms with Crippen LogP contribution in [0.3, 0.4) is 0 Å². The smallest absolute Gasteiger partial charge is 0.466 e. The van der Waals surface area contributed by atoms with Gasteiger partial charge in [-0.1, -0.05) is 37.6 Å². The van der Waals surface area contributed by atoms with Crippen molar-refractivity contribution in [3.8, 4) is 0 Å². The van der Waals surface area contributed by atoms with Gasteiger partial charge < -0.3 is 14.4 Å². The molecule has 1 N–H and O–H groups in total. The van der Waals surface area contributed by atoms with Crippen molar-refractivity contribution in [2.24, 2.45) is 0 Å². The summed E-state index contributed by atoms with van der Waals surface area (Å²) in [6, 6.07) is 8.21. The Labute approximate surface area is 145 Å². The Morgan fingerprint density at radius 1 is 1.12 bits per heavy atom. The Morgan fingerprint density at radius 2 is 1.67 bits per heavy atom. The van der Waals surface area contributed by atoms with Gasteiger partial charge >= 0.3 is 13.1 Å². The lowest BCUT2D eigenvalue weighted by Crippen LogP contribution is -2.41. The van der Waals surface area contributed by atoms with Crippen molar-refractivity contribution >= 4 is 13.1 Å². The number of aliphatic carboxylic acids is 1. The van der Waals surface area contributed by atoms with Crippen LogP contribution in [0.15, 0.2) is 24.3 Å². The summed E-state index contributed by atoms with van der Waals surface area (Å²) in [5, 5.41) is 9.33. The highest BCUT2D eigenvalue weighted by molar-refractivity contribution is 6.48. The van der Waals surface area contributed by atoms with E-state index in [-0.39, 0.29) is 12.2 Å². The normalized spacial score (nSPS) is 20.1. The van der Waals surface area contributed by atoms with E-state index in [9.17, 15) is 9.90 Å². The molecule has 132 valence electrons. The Morgan fingerprint density at radius 3 is 2.12 bits per heavy atom. The minimum Gasteiger partial charge on any atom is -0.481 e. The van der Waals surface area contributed by atoms with Gasteiger partial charge in [0.15, 0.2) is 0 Å². The molecule has 5 heteroatoms. The van der Waals surface area contributed by atoms with Gasteiger partial charge in [-0.3, -0.25) is 4.79 Å². The van der Waals surface area contributed by atoms with E-state index in [4.69, 9.17) is 9.31 Å². The third-order valence-electron chi connectivity index (χ3n) is 5.22. The molecule has 0 radical (unpaired) electrons. The summed E-state index contributed by atoms with van der Waals surface area (Å²) in [7, 11) is -0.549. The van der Waals surface area contributed by atoms with Gasteiger partial charge in [-0.25, -0.2) is 0 Å². The van der Waals surface area contributed by atoms with Gasteiger partial charge in [0.25, 0.3) is 0 Å². The molecule has 1 aromatic rings. The van der Waals surface area contributed by atoms with E-state index in [0.29, 0.717) is 0 Å². The molecule has 4 nitrogen and oxygen atoms in total. The van der Waals surface area contributed by atoms with Gasteiger partial charge in [-0.05, 0) is 51.7 Å². The van der Waals surface area contributed by atoms with Crippen molar-refractivity contribution in [3.05, 3.63) is 35.4 Å². The predicted octanol–water partition coefficient (Wildman–Crippen LogP) is 4.22. The second-order valence-electron chi connectivity index (χ2n) is 7.67. The zero-order valence-corrected chi connectivity index (χ0v) is 15.5. The number of carboxylic acids is 1. The Bertz CT molecular complexity index is 549. The molecule has 1 unspecified atom stereocenters. The van der Waals surface area contributed by atoms with Crippen molar-refractivity contribution < 1.29 is 19.2 Å². The minimum absolute atomic E-state index is 0.00880. The van der Waals surface area contributed by atoms with Crippen molar-refractivity contribution in [3.63, 3.8) is 0 Å². The fourth-order valence-electron chi connectivity index (χ4n) is 2.92. The van der Waals surface area contributed by atoms with Crippen LogP contribution in [0.2, 0.25) is 0 Å². The molecule has 2 rings (SSSR count). The first kappa shape index (κ1) is 19.0. The molecule has 1 saturated heterocycles. The second kappa shape index (κ2) is 7.28. The molecular weight excluding hydrogens is 303 g/mol. The van der Waals surface area contributed by atoms with Crippen LogP contribution in [0.25, 0.3) is 0 Å². The van der Waals surface area contributed by atoms with Crippen LogP contribution in [0.5, 0.6) is 0 Å². The van der Waals surface area contributed by atoms with Crippen LogP contribution < -0.4 is 0 Å². The number of unbranched alkanes of at least 4 members (excludes halogenated alkanes) is 1. The lowest BCUT2D eigenvalue weighted by atomic mass is 9.66. The quantitative estimate of drug-likeness (QED) is 0.760. The van der Waals surface area contributed by atoms with E-state index in [1.807, 2.05) is 39.8 Å². The van der Waals surface area contributed by atoms with Crippen LogP contribution >= 0.6 is 0 Å². The molecular formula is C19H29BO4. The minimum atomic E-state index is -0.843. The zero-order chi connectivity index (χ0) is 18.0. The van der Waals surface area contributed by atoms with Crippen LogP contribution in [-0.4, -0.2) is 29.4 Å². The van der Waals surface area contributed by atoms with E-state index in [2.05, 4.69) is 19.1 Å². The SMILES string of the molecule is CCCCc1ccc(C(CC(=O)O)B2OC(C)(C)C(C)(C)O2)cc1. The topological polar surface area (TPSA) is 55.8 Å². The summed E-state index contributed by atoms with van der Waals surface area (Å²) in [5.41, 5.74) is 1.31. The molecule has 1 fully saturated rings. The summed E-state index contributed by atoms with van der Waals surface area (Å²) in [6.07, 6.45) is 3.37. The van der Waals surface area contributed by atoms with E-state index < -0.39 is 24.3 Å². The highest BCUT2D eigenvalue weighted by Crippen LogP contribution is 2.41. The molecule has 1 aliphatic rings. The Hall–Kier alpha value is -1.33. The number of rotatable bonds is 7. The zero-order valence-electron chi connectivity index (χ0n) is 15.5. The number of hydrogen-bond acceptors (Lipinski definition) is 3. The monoisotopic (exact) mass is 332 g/mol. The van der Waals surface area contributed by atoms with Gasteiger partial charge in [-0.15, -0.1) is 0 Å². The summed E-state index contributed by atoms with van der Waals surface area (Å²) >= 11 is 0. The molecule has 1 aliphatic heterocycles. The molecule has 0 aliphatic carbocycles. The molecule has 1 aromatic carbocycles. The average Bonchev–Trinajstić information content (AvgIpc) is 2.71. The molecule has 24 heavy (non-hydrogen) atoms. The van der Waals surface area contributed by atoms with E-state index >= 15 is 0 Å². The van der Waals surface area contributed by atoms with Crippen LogP contribution in [0, 0.1) is 0 Å². The second-order valence-corrected chi connectivity index (χ2v) is 7.67. The largest absolute Gasteiger partial charge is 0.481 e. The van der Waals surface area contributed by atoms with Crippen molar-refractivity contribution in [1.82, 2.24) is 0 Å². The number of hydrogen-bond donors (Lipinski definition) is 1. The maximum Gasteiger partial charge on any atom is 0.466 e. The van der Waals surface area contributed by atoms with Crippen molar-refractivity contribution in [2.45, 2.75) is 77.3 Å². The van der Waals surface area contributed by atoms with Gasteiger partial charge in [0.05, 0.1) is 17.6 Å². The first-order chi connectivity index (χ1) is 11.2. The van der Waals surface area contributed by atoms with E-state index in [0.717, 1.165) is 24.8 Å². The standard InChI is InChI=1S/C19H29BO4/c1-6-7-8-14-9-11-15(12-10-14)16(13-17(21)22)20-23-18(2,3)19(4,5)24-20/h9-12,16H,6-8,13H2,1-5H3,(H,21,22). The van der Waals surface area contributed by atoms with Gasteiger partial charge in [0.2, 0.25) is 0 Å². The van der Waals surface area contributed by atoms with E-state index in [1.54, 1.807) is 0 Å². The van der Waals surface area contributed by atoms with Gasteiger partial charge in [0.1, 0.15) is 0 Å². The van der Waals surface area contributed by atoms with E-state index in [1.165, 1.54) is 5.56 Å². The summed E-state index contributed by atoms with van der Waals surface area (Å²) < 4.78 is 12.2. The Balaban J connectivity index is 2.21. The van der Waals surface area contributed by atoms with Gasteiger partial charge in [-0.2, -0.15) is 0 Å². The molecule has 0 bridgehead atoms. The maximum atomic E-state index is 11.4. The third kappa shape index (κ3) is 4.20. The Kier molecular flexibility index (Phi) is 5.76. The highest BCUT2D eigenvalue weighted by Gasteiger charge is 2.54. The molecule has 0 aromatic heterocycles. The fraction of sp³-hybridized carbons (Fsp3) is 0.632. The van der Waals surface area contributed by atoms with Crippen LogP contribution in [0.1, 0.15) is 70.8 Å². The number of carboxylic acid groups (broad SMARTS) is 1. The highest BCUT2D eigenvalue weighted by atomic mass is 16.7. The van der Waals surface area contributed by atoms with Crippen LogP contribution in [-0.2, 0) is 20.5 Å². The summed E-state index contributed by atoms with van der Waals surface area (Å²) in [4.78, 5) is 11.4. The number of carbonyl (C=O) groups is 1. The first-order valence-electron chi connectivity index (χ1n) is 8.82. The van der Waals surface area contributed by atoms with Crippen molar-refractivity contribution in [2.75, 3.05) is 0 Å². The predicted molar refractivity (Wildman–Crippen MR) is 96.1 cm³/mol. The lowest BCUT2D eigenvalue weighted by molar-refractivity contribution is -0.137. The summed E-state index contributed by atoms with van der Waals surface area (Å²) in [5.74, 6) is -1.16. The molecule has 1 atom stereocenters. The maximum absolute atomic E-state index is 11.4. The van der Waals surface area contributed by atoms with Gasteiger partial charge in [0, 0.05) is 5.82 Å². The summed E-state index contributed by atoms with van der Waals surface area (Å²) in [6.45, 7) is 10.1. The number of benzene rings is 1. The third-order valence-corrected chi connectivity index (χ3v) is 5.22. The molecule has 0 amide bonds. The molecule has 0 saturated carbocycles.